The molecule has 6 nitrogen and oxygen atoms in total. The lowest BCUT2D eigenvalue weighted by atomic mass is 9.84. The van der Waals surface area contributed by atoms with Crippen molar-refractivity contribution in [1.82, 2.24) is 20.1 Å². The Balaban J connectivity index is 0.00000243. The van der Waals surface area contributed by atoms with Crippen molar-refractivity contribution in [2.45, 2.75) is 45.6 Å². The van der Waals surface area contributed by atoms with E-state index in [1.807, 2.05) is 19.9 Å². The molecule has 3 rings (SSSR count). The fourth-order valence-corrected chi connectivity index (χ4v) is 3.68. The molecule has 1 saturated carbocycles. The van der Waals surface area contributed by atoms with Gasteiger partial charge in [-0.05, 0) is 57.4 Å². The highest BCUT2D eigenvalue weighted by Gasteiger charge is 2.27. The number of amides is 1. The molecular formula is C18H25Cl2N5O. The maximum atomic E-state index is 12.7. The molecule has 1 aliphatic carbocycles. The third-order valence-electron chi connectivity index (χ3n) is 4.80. The van der Waals surface area contributed by atoms with Crippen LogP contribution in [0.5, 0.6) is 0 Å². The van der Waals surface area contributed by atoms with Crippen molar-refractivity contribution in [2.24, 2.45) is 11.7 Å². The standard InChI is InChI=1S/C18H24ClN5O.ClH/c1-11-9-12(2)24(23-11)16-8-7-14(19)17(22-16)18(25)21-15-6-4-3-5-13(15)10-20;/h7-9,13,15H,3-6,10,20H2,1-2H3,(H,21,25);1H. The molecular weight excluding hydrogens is 373 g/mol. The highest BCUT2D eigenvalue weighted by molar-refractivity contribution is 6.33. The highest BCUT2D eigenvalue weighted by Crippen LogP contribution is 2.24. The Morgan fingerprint density at radius 2 is 2.08 bits per heavy atom. The van der Waals surface area contributed by atoms with Crippen molar-refractivity contribution in [3.8, 4) is 5.82 Å². The van der Waals surface area contributed by atoms with Crippen LogP contribution in [-0.4, -0.2) is 33.3 Å². The number of carbonyl (C=O) groups is 1. The predicted molar refractivity (Wildman–Crippen MR) is 105 cm³/mol. The highest BCUT2D eigenvalue weighted by atomic mass is 35.5. The van der Waals surface area contributed by atoms with Crippen LogP contribution in [0, 0.1) is 19.8 Å². The molecule has 0 spiro atoms. The average Bonchev–Trinajstić information content (AvgIpc) is 2.94. The van der Waals surface area contributed by atoms with Gasteiger partial charge >= 0.3 is 0 Å². The second-order valence-electron chi connectivity index (χ2n) is 6.70. The van der Waals surface area contributed by atoms with Gasteiger partial charge in [0.05, 0.1) is 10.7 Å². The summed E-state index contributed by atoms with van der Waals surface area (Å²) in [4.78, 5) is 17.2. The van der Waals surface area contributed by atoms with Crippen LogP contribution < -0.4 is 11.1 Å². The molecule has 0 aliphatic heterocycles. The van der Waals surface area contributed by atoms with E-state index in [1.165, 1.54) is 6.42 Å². The van der Waals surface area contributed by atoms with Crippen LogP contribution in [0.25, 0.3) is 5.82 Å². The second kappa shape index (κ2) is 8.84. The molecule has 2 aromatic rings. The van der Waals surface area contributed by atoms with E-state index in [2.05, 4.69) is 15.4 Å². The number of carbonyl (C=O) groups excluding carboxylic acids is 1. The number of nitrogens with one attached hydrogen (secondary N) is 1. The van der Waals surface area contributed by atoms with Gasteiger partial charge in [0.25, 0.3) is 5.91 Å². The van der Waals surface area contributed by atoms with Crippen molar-refractivity contribution in [1.29, 1.82) is 0 Å². The summed E-state index contributed by atoms with van der Waals surface area (Å²) < 4.78 is 1.71. The molecule has 8 heteroatoms. The van der Waals surface area contributed by atoms with Crippen molar-refractivity contribution < 1.29 is 4.79 Å². The molecule has 142 valence electrons. The van der Waals surface area contributed by atoms with Gasteiger partial charge in [0.2, 0.25) is 0 Å². The van der Waals surface area contributed by atoms with E-state index in [-0.39, 0.29) is 30.0 Å². The van der Waals surface area contributed by atoms with Gasteiger partial charge in [-0.15, -0.1) is 12.4 Å². The zero-order valence-electron chi connectivity index (χ0n) is 15.0. The van der Waals surface area contributed by atoms with Crippen molar-refractivity contribution >= 4 is 29.9 Å². The van der Waals surface area contributed by atoms with Gasteiger partial charge in [0.15, 0.2) is 5.82 Å². The van der Waals surface area contributed by atoms with Gasteiger partial charge in [-0.25, -0.2) is 9.67 Å². The Morgan fingerprint density at radius 3 is 2.73 bits per heavy atom. The van der Waals surface area contributed by atoms with Gasteiger partial charge < -0.3 is 11.1 Å². The summed E-state index contributed by atoms with van der Waals surface area (Å²) in [6.07, 6.45) is 4.27. The Bertz CT molecular complexity index is 777. The van der Waals surface area contributed by atoms with Gasteiger partial charge in [-0.2, -0.15) is 5.10 Å². The zero-order chi connectivity index (χ0) is 18.0. The Morgan fingerprint density at radius 1 is 1.35 bits per heavy atom. The van der Waals surface area contributed by atoms with E-state index in [9.17, 15) is 4.79 Å². The molecule has 0 aromatic carbocycles. The summed E-state index contributed by atoms with van der Waals surface area (Å²) in [6.45, 7) is 4.45. The SMILES string of the molecule is Cc1cc(C)n(-c2ccc(Cl)c(C(=O)NC3CCCCC3CN)n2)n1.Cl. The van der Waals surface area contributed by atoms with Crippen LogP contribution in [0.2, 0.25) is 5.02 Å². The van der Waals surface area contributed by atoms with Crippen LogP contribution in [-0.2, 0) is 0 Å². The number of nitrogens with zero attached hydrogens (tertiary/aromatic N) is 3. The van der Waals surface area contributed by atoms with E-state index < -0.39 is 0 Å². The minimum atomic E-state index is -0.251. The number of hydrogen-bond acceptors (Lipinski definition) is 4. The largest absolute Gasteiger partial charge is 0.348 e. The Kier molecular flexibility index (Phi) is 7.03. The van der Waals surface area contributed by atoms with Crippen LogP contribution in [0.4, 0.5) is 0 Å². The molecule has 0 radical (unpaired) electrons. The average molecular weight is 398 g/mol. The molecule has 3 N–H and O–H groups in total. The minimum absolute atomic E-state index is 0. The lowest BCUT2D eigenvalue weighted by Gasteiger charge is -2.31. The van der Waals surface area contributed by atoms with Crippen molar-refractivity contribution in [3.05, 3.63) is 40.3 Å². The fraction of sp³-hybridized carbons (Fsp3) is 0.500. The lowest BCUT2D eigenvalue weighted by Crippen LogP contribution is -2.45. The maximum Gasteiger partial charge on any atom is 0.271 e. The third-order valence-corrected chi connectivity index (χ3v) is 5.11. The normalized spacial score (nSPS) is 19.7. The molecule has 2 atom stereocenters. The number of aryl methyl sites for hydroxylation is 2. The molecule has 1 aliphatic rings. The summed E-state index contributed by atoms with van der Waals surface area (Å²) in [7, 11) is 0. The zero-order valence-corrected chi connectivity index (χ0v) is 16.6. The number of aromatic nitrogens is 3. The van der Waals surface area contributed by atoms with E-state index in [0.29, 0.717) is 23.3 Å². The minimum Gasteiger partial charge on any atom is -0.348 e. The summed E-state index contributed by atoms with van der Waals surface area (Å²) in [5.74, 6) is 0.647. The molecule has 1 fully saturated rings. The first-order valence-corrected chi connectivity index (χ1v) is 9.08. The summed E-state index contributed by atoms with van der Waals surface area (Å²) in [6, 6.07) is 5.50. The molecule has 0 bridgehead atoms. The first kappa shape index (κ1) is 20.7. The van der Waals surface area contributed by atoms with Crippen LogP contribution >= 0.6 is 24.0 Å². The predicted octanol–water partition coefficient (Wildman–Crippen LogP) is 3.21. The smallest absolute Gasteiger partial charge is 0.271 e. The topological polar surface area (TPSA) is 85.8 Å². The summed E-state index contributed by atoms with van der Waals surface area (Å²) >= 11 is 6.23. The Labute approximate surface area is 164 Å². The monoisotopic (exact) mass is 397 g/mol. The van der Waals surface area contributed by atoms with Gasteiger partial charge in [-0.1, -0.05) is 24.4 Å². The van der Waals surface area contributed by atoms with E-state index in [1.54, 1.807) is 16.8 Å². The molecule has 0 saturated heterocycles. The number of halogens is 2. The Hall–Kier alpha value is -1.63. The third kappa shape index (κ3) is 4.37. The van der Waals surface area contributed by atoms with Crippen molar-refractivity contribution in [2.75, 3.05) is 6.54 Å². The molecule has 2 heterocycles. The van der Waals surface area contributed by atoms with Crippen LogP contribution in [0.3, 0.4) is 0 Å². The second-order valence-corrected chi connectivity index (χ2v) is 7.11. The first-order chi connectivity index (χ1) is 12.0. The van der Waals surface area contributed by atoms with Crippen molar-refractivity contribution in [3.63, 3.8) is 0 Å². The van der Waals surface area contributed by atoms with Gasteiger partial charge in [0, 0.05) is 11.7 Å². The molecule has 2 aromatic heterocycles. The fourth-order valence-electron chi connectivity index (χ4n) is 3.49. The van der Waals surface area contributed by atoms with Crippen LogP contribution in [0.1, 0.15) is 47.6 Å². The first-order valence-electron chi connectivity index (χ1n) is 8.70. The lowest BCUT2D eigenvalue weighted by molar-refractivity contribution is 0.0903. The molecule has 26 heavy (non-hydrogen) atoms. The molecule has 1 amide bonds. The van der Waals surface area contributed by atoms with E-state index in [4.69, 9.17) is 17.3 Å². The molecule has 2 unspecified atom stereocenters. The summed E-state index contributed by atoms with van der Waals surface area (Å²) in [5.41, 5.74) is 7.93. The van der Waals surface area contributed by atoms with E-state index >= 15 is 0 Å². The maximum absolute atomic E-state index is 12.7. The number of pyridine rings is 1. The number of rotatable bonds is 4. The number of nitrogens with two attached hydrogens (primary N) is 1. The van der Waals surface area contributed by atoms with E-state index in [0.717, 1.165) is 30.7 Å². The van der Waals surface area contributed by atoms with Gasteiger partial charge in [-0.3, -0.25) is 4.79 Å². The summed E-state index contributed by atoms with van der Waals surface area (Å²) in [5, 5.41) is 7.83. The number of hydrogen-bond donors (Lipinski definition) is 2. The van der Waals surface area contributed by atoms with Crippen LogP contribution in [0.15, 0.2) is 18.2 Å². The quantitative estimate of drug-likeness (QED) is 0.828. The van der Waals surface area contributed by atoms with Gasteiger partial charge in [0.1, 0.15) is 5.69 Å².